The van der Waals surface area contributed by atoms with Gasteiger partial charge >= 0.3 is 0 Å². The Morgan fingerprint density at radius 1 is 1.14 bits per heavy atom. The summed E-state index contributed by atoms with van der Waals surface area (Å²) in [6.45, 7) is 2.08. The fourth-order valence-electron chi connectivity index (χ4n) is 2.72. The van der Waals surface area contributed by atoms with Crippen LogP contribution in [0.5, 0.6) is 0 Å². The van der Waals surface area contributed by atoms with Crippen molar-refractivity contribution in [3.8, 4) is 11.4 Å². The van der Waals surface area contributed by atoms with Gasteiger partial charge in [0.05, 0.1) is 6.10 Å². The molecule has 1 heterocycles. The van der Waals surface area contributed by atoms with Gasteiger partial charge in [0.1, 0.15) is 0 Å². The van der Waals surface area contributed by atoms with Gasteiger partial charge in [0.2, 0.25) is 0 Å². The molecule has 1 aromatic heterocycles. The van der Waals surface area contributed by atoms with Gasteiger partial charge in [0, 0.05) is 17.9 Å². The lowest BCUT2D eigenvalue weighted by molar-refractivity contribution is 0.137. The van der Waals surface area contributed by atoms with Gasteiger partial charge in [-0.3, -0.25) is 0 Å². The first-order chi connectivity index (χ1) is 10.1. The Morgan fingerprint density at radius 2 is 1.86 bits per heavy atom. The van der Waals surface area contributed by atoms with E-state index in [4.69, 9.17) is 0 Å². The molecule has 1 aliphatic rings. The summed E-state index contributed by atoms with van der Waals surface area (Å²) in [6, 6.07) is 8.32. The second-order valence-corrected chi connectivity index (χ2v) is 6.95. The molecule has 1 saturated carbocycles. The first-order valence-electron chi connectivity index (χ1n) is 7.46. The average molecular weight is 303 g/mol. The number of aromatic nitrogens is 3. The standard InChI is InChI=1S/C16H21N3OS/c1-11-7-9-12(10-8-11)15-17-18-16(19(15)2)21-14-6-4-3-5-13(14)20/h7-10,13-14,20H,3-6H2,1-2H3. The van der Waals surface area contributed by atoms with Crippen molar-refractivity contribution in [1.82, 2.24) is 14.8 Å². The van der Waals surface area contributed by atoms with Crippen molar-refractivity contribution in [1.29, 1.82) is 0 Å². The molecule has 0 amide bonds. The molecule has 1 N–H and O–H groups in total. The SMILES string of the molecule is Cc1ccc(-c2nnc(SC3CCCCC3O)n2C)cc1. The van der Waals surface area contributed by atoms with Crippen LogP contribution in [-0.2, 0) is 7.05 Å². The van der Waals surface area contributed by atoms with Gasteiger partial charge in [-0.15, -0.1) is 10.2 Å². The lowest BCUT2D eigenvalue weighted by Gasteiger charge is -2.26. The molecular weight excluding hydrogens is 282 g/mol. The Labute approximate surface area is 129 Å². The van der Waals surface area contributed by atoms with Gasteiger partial charge in [-0.05, 0) is 19.8 Å². The number of thioether (sulfide) groups is 1. The monoisotopic (exact) mass is 303 g/mol. The molecule has 3 rings (SSSR count). The summed E-state index contributed by atoms with van der Waals surface area (Å²) in [7, 11) is 1.99. The number of aliphatic hydroxyl groups excluding tert-OH is 1. The van der Waals surface area contributed by atoms with E-state index in [-0.39, 0.29) is 11.4 Å². The van der Waals surface area contributed by atoms with E-state index >= 15 is 0 Å². The highest BCUT2D eigenvalue weighted by Crippen LogP contribution is 2.34. The maximum Gasteiger partial charge on any atom is 0.191 e. The highest BCUT2D eigenvalue weighted by atomic mass is 32.2. The maximum absolute atomic E-state index is 10.1. The molecule has 21 heavy (non-hydrogen) atoms. The van der Waals surface area contributed by atoms with Crippen LogP contribution in [0.1, 0.15) is 31.2 Å². The number of aliphatic hydroxyl groups is 1. The first-order valence-corrected chi connectivity index (χ1v) is 8.34. The molecule has 2 aromatic rings. The largest absolute Gasteiger partial charge is 0.392 e. The molecule has 4 nitrogen and oxygen atoms in total. The van der Waals surface area contributed by atoms with Crippen LogP contribution in [-0.4, -0.2) is 31.2 Å². The van der Waals surface area contributed by atoms with Gasteiger partial charge in [-0.25, -0.2) is 0 Å². The molecule has 2 unspecified atom stereocenters. The minimum atomic E-state index is -0.219. The zero-order valence-corrected chi connectivity index (χ0v) is 13.3. The Morgan fingerprint density at radius 3 is 2.57 bits per heavy atom. The Balaban J connectivity index is 1.80. The van der Waals surface area contributed by atoms with E-state index in [1.807, 2.05) is 11.6 Å². The van der Waals surface area contributed by atoms with Crippen LogP contribution in [0.3, 0.4) is 0 Å². The van der Waals surface area contributed by atoms with Gasteiger partial charge in [0.25, 0.3) is 0 Å². The molecule has 2 atom stereocenters. The van der Waals surface area contributed by atoms with Crippen molar-refractivity contribution in [2.75, 3.05) is 0 Å². The van der Waals surface area contributed by atoms with E-state index in [2.05, 4.69) is 41.4 Å². The third-order valence-corrected chi connectivity index (χ3v) is 5.49. The first kappa shape index (κ1) is 14.6. The predicted octanol–water partition coefficient (Wildman–Crippen LogP) is 3.19. The lowest BCUT2D eigenvalue weighted by atomic mass is 9.97. The lowest BCUT2D eigenvalue weighted by Crippen LogP contribution is -2.27. The molecule has 5 heteroatoms. The quantitative estimate of drug-likeness (QED) is 0.946. The fourth-order valence-corrected chi connectivity index (χ4v) is 3.90. The summed E-state index contributed by atoms with van der Waals surface area (Å²) in [5, 5.41) is 19.9. The van der Waals surface area contributed by atoms with E-state index in [0.29, 0.717) is 0 Å². The highest BCUT2D eigenvalue weighted by Gasteiger charge is 2.26. The molecule has 0 bridgehead atoms. The summed E-state index contributed by atoms with van der Waals surface area (Å²) in [6.07, 6.45) is 4.06. The van der Waals surface area contributed by atoms with Crippen molar-refractivity contribution in [2.24, 2.45) is 7.05 Å². The number of rotatable bonds is 3. The second-order valence-electron chi connectivity index (χ2n) is 5.74. The molecule has 0 saturated heterocycles. The average Bonchev–Trinajstić information content (AvgIpc) is 2.84. The maximum atomic E-state index is 10.1. The summed E-state index contributed by atoms with van der Waals surface area (Å²) in [4.78, 5) is 0. The Kier molecular flexibility index (Phi) is 4.31. The Hall–Kier alpha value is -1.33. The van der Waals surface area contributed by atoms with Crippen LogP contribution in [0, 0.1) is 6.92 Å². The molecule has 1 aromatic carbocycles. The zero-order valence-electron chi connectivity index (χ0n) is 12.5. The zero-order chi connectivity index (χ0) is 14.8. The number of aryl methyl sites for hydroxylation is 1. The minimum absolute atomic E-state index is 0.219. The Bertz CT molecular complexity index is 608. The van der Waals surface area contributed by atoms with E-state index < -0.39 is 0 Å². The van der Waals surface area contributed by atoms with E-state index in [1.165, 1.54) is 12.0 Å². The smallest absolute Gasteiger partial charge is 0.191 e. The molecule has 0 spiro atoms. The third kappa shape index (κ3) is 3.14. The van der Waals surface area contributed by atoms with Crippen LogP contribution in [0.25, 0.3) is 11.4 Å². The number of benzene rings is 1. The number of hydrogen-bond acceptors (Lipinski definition) is 4. The summed E-state index contributed by atoms with van der Waals surface area (Å²) in [5.74, 6) is 0.878. The third-order valence-electron chi connectivity index (χ3n) is 4.07. The summed E-state index contributed by atoms with van der Waals surface area (Å²) >= 11 is 1.66. The summed E-state index contributed by atoms with van der Waals surface area (Å²) < 4.78 is 2.02. The predicted molar refractivity (Wildman–Crippen MR) is 85.3 cm³/mol. The molecular formula is C16H21N3OS. The van der Waals surface area contributed by atoms with Gasteiger partial charge in [-0.1, -0.05) is 54.4 Å². The molecule has 112 valence electrons. The van der Waals surface area contributed by atoms with Crippen molar-refractivity contribution in [3.63, 3.8) is 0 Å². The number of nitrogens with zero attached hydrogens (tertiary/aromatic N) is 3. The molecule has 0 radical (unpaired) electrons. The van der Waals surface area contributed by atoms with Gasteiger partial charge < -0.3 is 9.67 Å². The van der Waals surface area contributed by atoms with Crippen molar-refractivity contribution in [2.45, 2.75) is 49.1 Å². The number of hydrogen-bond donors (Lipinski definition) is 1. The molecule has 1 fully saturated rings. The van der Waals surface area contributed by atoms with Crippen molar-refractivity contribution >= 4 is 11.8 Å². The van der Waals surface area contributed by atoms with E-state index in [0.717, 1.165) is 35.8 Å². The molecule has 1 aliphatic carbocycles. The van der Waals surface area contributed by atoms with Crippen LogP contribution < -0.4 is 0 Å². The summed E-state index contributed by atoms with van der Waals surface area (Å²) in [5.41, 5.74) is 2.31. The topological polar surface area (TPSA) is 50.9 Å². The normalized spacial score (nSPS) is 22.4. The highest BCUT2D eigenvalue weighted by molar-refractivity contribution is 7.99. The van der Waals surface area contributed by atoms with Crippen molar-refractivity contribution < 1.29 is 5.11 Å². The molecule has 0 aliphatic heterocycles. The van der Waals surface area contributed by atoms with E-state index in [9.17, 15) is 5.11 Å². The van der Waals surface area contributed by atoms with E-state index in [1.54, 1.807) is 11.8 Å². The van der Waals surface area contributed by atoms with Crippen molar-refractivity contribution in [3.05, 3.63) is 29.8 Å². The van der Waals surface area contributed by atoms with Gasteiger partial charge in [-0.2, -0.15) is 0 Å². The fraction of sp³-hybridized carbons (Fsp3) is 0.500. The van der Waals surface area contributed by atoms with Crippen LogP contribution >= 0.6 is 11.8 Å². The van der Waals surface area contributed by atoms with Gasteiger partial charge in [0.15, 0.2) is 11.0 Å². The van der Waals surface area contributed by atoms with Crippen LogP contribution in [0.15, 0.2) is 29.4 Å². The minimum Gasteiger partial charge on any atom is -0.392 e. The van der Waals surface area contributed by atoms with Crippen LogP contribution in [0.4, 0.5) is 0 Å². The van der Waals surface area contributed by atoms with Crippen LogP contribution in [0.2, 0.25) is 0 Å². The second kappa shape index (κ2) is 6.20.